The summed E-state index contributed by atoms with van der Waals surface area (Å²) in [5.41, 5.74) is 1.11. The van der Waals surface area contributed by atoms with E-state index in [4.69, 9.17) is 4.74 Å². The highest BCUT2D eigenvalue weighted by atomic mass is 16.5. The molecule has 0 radical (unpaired) electrons. The highest BCUT2D eigenvalue weighted by Gasteiger charge is 2.25. The van der Waals surface area contributed by atoms with Crippen molar-refractivity contribution in [2.24, 2.45) is 0 Å². The van der Waals surface area contributed by atoms with Gasteiger partial charge in [-0.25, -0.2) is 0 Å². The second kappa shape index (κ2) is 8.37. The number of fused-ring (bicyclic) bond motifs is 1. The number of ether oxygens (including phenoxy) is 1. The van der Waals surface area contributed by atoms with Crippen molar-refractivity contribution in [3.05, 3.63) is 29.8 Å². The van der Waals surface area contributed by atoms with Crippen molar-refractivity contribution in [1.82, 2.24) is 10.2 Å². The van der Waals surface area contributed by atoms with Crippen LogP contribution in [0.3, 0.4) is 0 Å². The van der Waals surface area contributed by atoms with Crippen LogP contribution in [0.4, 0.5) is 0 Å². The maximum Gasteiger partial charge on any atom is 0.224 e. The molecule has 0 aromatic heterocycles. The van der Waals surface area contributed by atoms with E-state index in [-0.39, 0.29) is 17.7 Å². The van der Waals surface area contributed by atoms with Crippen LogP contribution < -0.4 is 10.1 Å². The fourth-order valence-electron chi connectivity index (χ4n) is 3.84. The van der Waals surface area contributed by atoms with Crippen molar-refractivity contribution in [1.29, 1.82) is 0 Å². The van der Waals surface area contributed by atoms with Crippen LogP contribution >= 0.6 is 0 Å². The summed E-state index contributed by atoms with van der Waals surface area (Å²) in [4.78, 5) is 26.5. The molecule has 2 amide bonds. The minimum atomic E-state index is 0.0150. The highest BCUT2D eigenvalue weighted by molar-refractivity contribution is 5.79. The first-order valence-electron chi connectivity index (χ1n) is 9.43. The zero-order valence-electron chi connectivity index (χ0n) is 15.0. The number of para-hydroxylation sites is 1. The number of nitrogens with one attached hydrogen (secondary N) is 1. The lowest BCUT2D eigenvalue weighted by atomic mass is 9.90. The molecule has 25 heavy (non-hydrogen) atoms. The molecule has 0 saturated carbocycles. The van der Waals surface area contributed by atoms with Crippen molar-refractivity contribution in [3.8, 4) is 5.75 Å². The molecule has 1 fully saturated rings. The molecular formula is C20H28N2O3. The number of hydrogen-bond acceptors (Lipinski definition) is 3. The fraction of sp³-hybridized carbons (Fsp3) is 0.600. The van der Waals surface area contributed by atoms with Crippen molar-refractivity contribution in [2.75, 3.05) is 19.7 Å². The first-order chi connectivity index (χ1) is 12.1. The van der Waals surface area contributed by atoms with E-state index in [0.29, 0.717) is 32.0 Å². The second-order valence-electron chi connectivity index (χ2n) is 7.11. The van der Waals surface area contributed by atoms with Crippen LogP contribution in [0.5, 0.6) is 5.75 Å². The molecule has 1 saturated heterocycles. The number of hydrogen-bond donors (Lipinski definition) is 1. The standard InChI is InChI=1S/C20H28N2O3/c1-15-6-4-5-12-22(15)20(24)9-11-21-19(23)14-16-10-13-25-18-8-3-2-7-17(16)18/h2-3,7-8,15-16H,4-6,9-14H2,1H3,(H,21,23)/t15-,16+/m0/s1. The van der Waals surface area contributed by atoms with Crippen molar-refractivity contribution in [2.45, 2.75) is 57.4 Å². The third-order valence-corrected chi connectivity index (χ3v) is 5.30. The van der Waals surface area contributed by atoms with Gasteiger partial charge in [0.2, 0.25) is 11.8 Å². The maximum atomic E-state index is 12.3. The quantitative estimate of drug-likeness (QED) is 0.893. The fourth-order valence-corrected chi connectivity index (χ4v) is 3.84. The van der Waals surface area contributed by atoms with E-state index in [9.17, 15) is 9.59 Å². The number of benzene rings is 1. The van der Waals surface area contributed by atoms with Crippen LogP contribution in [0, 0.1) is 0 Å². The van der Waals surface area contributed by atoms with Crippen LogP contribution in [0.2, 0.25) is 0 Å². The Morgan fingerprint density at radius 1 is 1.24 bits per heavy atom. The Kier molecular flexibility index (Phi) is 5.95. The summed E-state index contributed by atoms with van der Waals surface area (Å²) in [6, 6.07) is 8.26. The first-order valence-corrected chi connectivity index (χ1v) is 9.43. The summed E-state index contributed by atoms with van der Waals surface area (Å²) in [5.74, 6) is 1.26. The number of nitrogens with zero attached hydrogens (tertiary/aromatic N) is 1. The van der Waals surface area contributed by atoms with Crippen molar-refractivity contribution < 1.29 is 14.3 Å². The molecule has 2 heterocycles. The van der Waals surface area contributed by atoms with Gasteiger partial charge in [0.05, 0.1) is 6.61 Å². The number of carbonyl (C=O) groups excluding carboxylic acids is 2. The molecule has 1 aromatic carbocycles. The number of piperidine rings is 1. The van der Waals surface area contributed by atoms with Gasteiger partial charge in [0, 0.05) is 32.0 Å². The summed E-state index contributed by atoms with van der Waals surface area (Å²) in [6.07, 6.45) is 5.07. The molecule has 0 unspecified atom stereocenters. The summed E-state index contributed by atoms with van der Waals surface area (Å²) in [7, 11) is 0. The van der Waals surface area contributed by atoms with E-state index >= 15 is 0 Å². The van der Waals surface area contributed by atoms with Gasteiger partial charge in [-0.2, -0.15) is 0 Å². The average molecular weight is 344 g/mol. The Morgan fingerprint density at radius 3 is 2.92 bits per heavy atom. The molecule has 5 nitrogen and oxygen atoms in total. The summed E-state index contributed by atoms with van der Waals surface area (Å²) in [5, 5.41) is 2.92. The lowest BCUT2D eigenvalue weighted by Crippen LogP contribution is -2.43. The zero-order valence-corrected chi connectivity index (χ0v) is 15.0. The van der Waals surface area contributed by atoms with E-state index in [1.54, 1.807) is 0 Å². The summed E-state index contributed by atoms with van der Waals surface area (Å²) < 4.78 is 5.64. The van der Waals surface area contributed by atoms with E-state index in [2.05, 4.69) is 12.2 Å². The monoisotopic (exact) mass is 344 g/mol. The topological polar surface area (TPSA) is 58.6 Å². The number of rotatable bonds is 5. The van der Waals surface area contributed by atoms with Gasteiger partial charge >= 0.3 is 0 Å². The Labute approximate surface area is 149 Å². The molecule has 0 aliphatic carbocycles. The van der Waals surface area contributed by atoms with E-state index in [1.807, 2.05) is 29.2 Å². The minimum Gasteiger partial charge on any atom is -0.493 e. The molecule has 136 valence electrons. The molecular weight excluding hydrogens is 316 g/mol. The Balaban J connectivity index is 1.44. The second-order valence-corrected chi connectivity index (χ2v) is 7.11. The molecule has 1 aromatic rings. The molecule has 2 aliphatic rings. The van der Waals surface area contributed by atoms with Gasteiger partial charge < -0.3 is 15.0 Å². The largest absolute Gasteiger partial charge is 0.493 e. The molecule has 0 spiro atoms. The van der Waals surface area contributed by atoms with Gasteiger partial charge in [-0.15, -0.1) is 0 Å². The summed E-state index contributed by atoms with van der Waals surface area (Å²) in [6.45, 7) is 4.04. The molecule has 2 atom stereocenters. The Hall–Kier alpha value is -2.04. The van der Waals surface area contributed by atoms with Crippen LogP contribution in [0.25, 0.3) is 0 Å². The van der Waals surface area contributed by atoms with Gasteiger partial charge in [0.1, 0.15) is 5.75 Å². The lowest BCUT2D eigenvalue weighted by molar-refractivity contribution is -0.134. The number of amides is 2. The van der Waals surface area contributed by atoms with Crippen molar-refractivity contribution >= 4 is 11.8 Å². The lowest BCUT2D eigenvalue weighted by Gasteiger charge is -2.33. The Morgan fingerprint density at radius 2 is 2.08 bits per heavy atom. The van der Waals surface area contributed by atoms with Gasteiger partial charge in [0.25, 0.3) is 0 Å². The van der Waals surface area contributed by atoms with Crippen LogP contribution in [-0.4, -0.2) is 42.5 Å². The maximum absolute atomic E-state index is 12.3. The third-order valence-electron chi connectivity index (χ3n) is 5.30. The Bertz CT molecular complexity index is 617. The smallest absolute Gasteiger partial charge is 0.224 e. The predicted molar refractivity (Wildman–Crippen MR) is 96.6 cm³/mol. The normalized spacial score (nSPS) is 22.7. The molecule has 0 bridgehead atoms. The van der Waals surface area contributed by atoms with Crippen LogP contribution in [0.1, 0.15) is 56.9 Å². The predicted octanol–water partition coefficient (Wildman–Crippen LogP) is 2.85. The molecule has 5 heteroatoms. The van der Waals surface area contributed by atoms with E-state index in [0.717, 1.165) is 37.1 Å². The van der Waals surface area contributed by atoms with Gasteiger partial charge in [0.15, 0.2) is 0 Å². The van der Waals surface area contributed by atoms with Crippen LogP contribution in [0.15, 0.2) is 24.3 Å². The third kappa shape index (κ3) is 4.53. The van der Waals surface area contributed by atoms with Gasteiger partial charge in [-0.3, -0.25) is 9.59 Å². The SMILES string of the molecule is C[C@H]1CCCCN1C(=O)CCNC(=O)C[C@H]1CCOc2ccccc21. The highest BCUT2D eigenvalue weighted by Crippen LogP contribution is 2.35. The molecule has 1 N–H and O–H groups in total. The first kappa shape index (κ1) is 17.8. The molecule has 2 aliphatic heterocycles. The average Bonchev–Trinajstić information content (AvgIpc) is 2.62. The minimum absolute atomic E-state index is 0.0150. The zero-order chi connectivity index (χ0) is 17.6. The number of likely N-dealkylation sites (tertiary alicyclic amines) is 1. The van der Waals surface area contributed by atoms with Gasteiger partial charge in [-0.05, 0) is 50.2 Å². The van der Waals surface area contributed by atoms with E-state index < -0.39 is 0 Å². The van der Waals surface area contributed by atoms with E-state index in [1.165, 1.54) is 6.42 Å². The van der Waals surface area contributed by atoms with Gasteiger partial charge in [-0.1, -0.05) is 18.2 Å². The molecule has 3 rings (SSSR count). The number of carbonyl (C=O) groups is 2. The van der Waals surface area contributed by atoms with Crippen molar-refractivity contribution in [3.63, 3.8) is 0 Å². The van der Waals surface area contributed by atoms with Crippen LogP contribution in [-0.2, 0) is 9.59 Å². The summed E-state index contributed by atoms with van der Waals surface area (Å²) >= 11 is 0.